The molecular weight excluding hydrogens is 356 g/mol. The summed E-state index contributed by atoms with van der Waals surface area (Å²) in [5.41, 5.74) is 9.31. The van der Waals surface area contributed by atoms with Crippen molar-refractivity contribution in [1.82, 2.24) is 9.97 Å². The monoisotopic (exact) mass is 386 g/mol. The van der Waals surface area contributed by atoms with Crippen molar-refractivity contribution in [2.75, 3.05) is 18.4 Å². The third-order valence-electron chi connectivity index (χ3n) is 6.00. The molecule has 1 fully saturated rings. The van der Waals surface area contributed by atoms with Crippen LogP contribution in [0.4, 0.5) is 5.82 Å². The molecular formula is C25H30N4. The summed E-state index contributed by atoms with van der Waals surface area (Å²) >= 11 is 0. The smallest absolute Gasteiger partial charge is 0.154 e. The summed E-state index contributed by atoms with van der Waals surface area (Å²) in [6.45, 7) is 3.87. The van der Waals surface area contributed by atoms with Crippen molar-refractivity contribution >= 4 is 28.9 Å². The van der Waals surface area contributed by atoms with Crippen molar-refractivity contribution in [3.63, 3.8) is 0 Å². The van der Waals surface area contributed by atoms with Crippen molar-refractivity contribution in [3.05, 3.63) is 65.5 Å². The Balaban J connectivity index is 1.57. The molecule has 4 rings (SSSR count). The molecule has 1 saturated carbocycles. The van der Waals surface area contributed by atoms with Gasteiger partial charge in [-0.2, -0.15) is 0 Å². The number of hydrogen-bond donors (Lipinski definition) is 2. The molecule has 4 nitrogen and oxygen atoms in total. The van der Waals surface area contributed by atoms with Gasteiger partial charge in [0.1, 0.15) is 5.82 Å². The van der Waals surface area contributed by atoms with Gasteiger partial charge in [0.05, 0.1) is 5.52 Å². The topological polar surface area (TPSA) is 63.8 Å². The fourth-order valence-electron chi connectivity index (χ4n) is 4.28. The number of fused-ring (bicyclic) bond motifs is 1. The average molecular weight is 387 g/mol. The lowest BCUT2D eigenvalue weighted by atomic mass is 9.81. The average Bonchev–Trinajstić information content (AvgIpc) is 2.77. The molecule has 4 heteroatoms. The van der Waals surface area contributed by atoms with Gasteiger partial charge in [0.2, 0.25) is 0 Å². The third kappa shape index (κ3) is 4.83. The SMILES string of the molecule is Cc1ccccc1C=Cc1nc(NCC2CCCC(CN)C2)c2ccccc2n1. The number of aromatic nitrogens is 2. The number of nitrogens with one attached hydrogen (secondary N) is 1. The number of rotatable bonds is 6. The first-order valence-corrected chi connectivity index (χ1v) is 10.7. The van der Waals surface area contributed by atoms with Crippen molar-refractivity contribution < 1.29 is 0 Å². The summed E-state index contributed by atoms with van der Waals surface area (Å²) < 4.78 is 0. The second kappa shape index (κ2) is 9.19. The Hall–Kier alpha value is -2.72. The molecule has 3 N–H and O–H groups in total. The molecule has 0 aliphatic heterocycles. The van der Waals surface area contributed by atoms with Crippen LogP contribution in [0.3, 0.4) is 0 Å². The Kier molecular flexibility index (Phi) is 6.20. The number of aryl methyl sites for hydroxylation is 1. The van der Waals surface area contributed by atoms with E-state index in [1.165, 1.54) is 36.8 Å². The molecule has 1 aliphatic rings. The molecule has 0 radical (unpaired) electrons. The zero-order chi connectivity index (χ0) is 20.1. The van der Waals surface area contributed by atoms with Crippen LogP contribution in [0.5, 0.6) is 0 Å². The van der Waals surface area contributed by atoms with E-state index < -0.39 is 0 Å². The minimum atomic E-state index is 0.664. The molecule has 2 aromatic carbocycles. The number of benzene rings is 2. The molecule has 1 aromatic heterocycles. The van der Waals surface area contributed by atoms with E-state index in [1.807, 2.05) is 18.2 Å². The normalized spacial score (nSPS) is 19.7. The molecule has 29 heavy (non-hydrogen) atoms. The zero-order valence-electron chi connectivity index (χ0n) is 17.1. The highest BCUT2D eigenvalue weighted by atomic mass is 15.0. The van der Waals surface area contributed by atoms with E-state index in [1.54, 1.807) is 0 Å². The van der Waals surface area contributed by atoms with Crippen LogP contribution in [0.1, 0.15) is 42.6 Å². The fourth-order valence-corrected chi connectivity index (χ4v) is 4.28. The van der Waals surface area contributed by atoms with E-state index in [0.717, 1.165) is 35.6 Å². The largest absolute Gasteiger partial charge is 0.369 e. The highest BCUT2D eigenvalue weighted by Crippen LogP contribution is 2.29. The first kappa shape index (κ1) is 19.6. The van der Waals surface area contributed by atoms with Crippen molar-refractivity contribution in [3.8, 4) is 0 Å². The molecule has 0 bridgehead atoms. The fraction of sp³-hybridized carbons (Fsp3) is 0.360. The van der Waals surface area contributed by atoms with Crippen molar-refractivity contribution in [2.24, 2.45) is 17.6 Å². The Morgan fingerprint density at radius 1 is 1.00 bits per heavy atom. The molecule has 2 unspecified atom stereocenters. The molecule has 3 aromatic rings. The molecule has 0 saturated heterocycles. The zero-order valence-corrected chi connectivity index (χ0v) is 17.1. The Labute approximate surface area is 173 Å². The van der Waals surface area contributed by atoms with Crippen LogP contribution in [0.15, 0.2) is 48.5 Å². The van der Waals surface area contributed by atoms with Crippen LogP contribution in [0.25, 0.3) is 23.1 Å². The van der Waals surface area contributed by atoms with E-state index >= 15 is 0 Å². The highest BCUT2D eigenvalue weighted by Gasteiger charge is 2.21. The van der Waals surface area contributed by atoms with E-state index in [4.69, 9.17) is 15.7 Å². The first-order chi connectivity index (χ1) is 14.2. The van der Waals surface area contributed by atoms with Gasteiger partial charge in [-0.25, -0.2) is 9.97 Å². The summed E-state index contributed by atoms with van der Waals surface area (Å²) in [6.07, 6.45) is 9.14. The van der Waals surface area contributed by atoms with Crippen LogP contribution in [-0.2, 0) is 0 Å². The summed E-state index contributed by atoms with van der Waals surface area (Å²) in [5, 5.41) is 4.70. The van der Waals surface area contributed by atoms with Crippen LogP contribution in [0, 0.1) is 18.8 Å². The summed E-state index contributed by atoms with van der Waals surface area (Å²) in [6, 6.07) is 16.6. The Morgan fingerprint density at radius 3 is 2.66 bits per heavy atom. The highest BCUT2D eigenvalue weighted by molar-refractivity contribution is 5.90. The maximum absolute atomic E-state index is 5.91. The number of para-hydroxylation sites is 1. The van der Waals surface area contributed by atoms with Gasteiger partial charge < -0.3 is 11.1 Å². The van der Waals surface area contributed by atoms with Gasteiger partial charge in [-0.15, -0.1) is 0 Å². The number of hydrogen-bond acceptors (Lipinski definition) is 4. The lowest BCUT2D eigenvalue weighted by molar-refractivity contribution is 0.281. The van der Waals surface area contributed by atoms with Crippen molar-refractivity contribution in [1.29, 1.82) is 0 Å². The predicted octanol–water partition coefficient (Wildman–Crippen LogP) is 5.29. The van der Waals surface area contributed by atoms with Crippen LogP contribution in [0.2, 0.25) is 0 Å². The first-order valence-electron chi connectivity index (χ1n) is 10.7. The predicted molar refractivity (Wildman–Crippen MR) is 123 cm³/mol. The van der Waals surface area contributed by atoms with Gasteiger partial charge in [0, 0.05) is 11.9 Å². The summed E-state index contributed by atoms with van der Waals surface area (Å²) in [5.74, 6) is 3.00. The van der Waals surface area contributed by atoms with E-state index in [-0.39, 0.29) is 0 Å². The van der Waals surface area contributed by atoms with Gasteiger partial charge >= 0.3 is 0 Å². The van der Waals surface area contributed by atoms with Gasteiger partial charge in [0.15, 0.2) is 5.82 Å². The maximum atomic E-state index is 5.91. The van der Waals surface area contributed by atoms with Crippen LogP contribution >= 0.6 is 0 Å². The van der Waals surface area contributed by atoms with Gasteiger partial charge in [-0.1, -0.05) is 48.9 Å². The standard InChI is InChI=1S/C25H30N4/c1-18-7-2-3-10-21(18)13-14-24-28-23-12-5-4-11-22(23)25(29-24)27-17-20-9-6-8-19(15-20)16-26/h2-5,7,10-14,19-20H,6,8-9,15-17,26H2,1H3,(H,27,28,29). The number of anilines is 1. The molecule has 0 amide bonds. The minimum Gasteiger partial charge on any atom is -0.369 e. The van der Waals surface area contributed by atoms with E-state index in [9.17, 15) is 0 Å². The summed E-state index contributed by atoms with van der Waals surface area (Å²) in [7, 11) is 0. The Bertz CT molecular complexity index is 995. The van der Waals surface area contributed by atoms with Gasteiger partial charge in [-0.05, 0) is 73.9 Å². The summed E-state index contributed by atoms with van der Waals surface area (Å²) in [4.78, 5) is 9.58. The van der Waals surface area contributed by atoms with Crippen molar-refractivity contribution in [2.45, 2.75) is 32.6 Å². The van der Waals surface area contributed by atoms with Gasteiger partial charge in [-0.3, -0.25) is 0 Å². The number of nitrogens with zero attached hydrogens (tertiary/aromatic N) is 2. The minimum absolute atomic E-state index is 0.664. The maximum Gasteiger partial charge on any atom is 0.154 e. The molecule has 2 atom stereocenters. The quantitative estimate of drug-likeness (QED) is 0.604. The molecule has 150 valence electrons. The molecule has 1 heterocycles. The third-order valence-corrected chi connectivity index (χ3v) is 6.00. The second-order valence-corrected chi connectivity index (χ2v) is 8.15. The van der Waals surface area contributed by atoms with Crippen LogP contribution < -0.4 is 11.1 Å². The number of nitrogens with two attached hydrogens (primary N) is 1. The molecule has 1 aliphatic carbocycles. The molecule has 0 spiro atoms. The van der Waals surface area contributed by atoms with E-state index in [2.05, 4.69) is 54.7 Å². The lowest BCUT2D eigenvalue weighted by Crippen LogP contribution is -2.26. The Morgan fingerprint density at radius 2 is 1.79 bits per heavy atom. The van der Waals surface area contributed by atoms with Gasteiger partial charge in [0.25, 0.3) is 0 Å². The second-order valence-electron chi connectivity index (χ2n) is 8.15. The lowest BCUT2D eigenvalue weighted by Gasteiger charge is -2.28. The van der Waals surface area contributed by atoms with E-state index in [0.29, 0.717) is 11.8 Å². The van der Waals surface area contributed by atoms with Crippen LogP contribution in [-0.4, -0.2) is 23.1 Å².